The second-order valence-corrected chi connectivity index (χ2v) is 4.04. The average molecular weight is 209 g/mol. The third-order valence-electron chi connectivity index (χ3n) is 1.60. The van der Waals surface area contributed by atoms with E-state index >= 15 is 0 Å². The SMILES string of the molecule is CC(C)c1cc(=O)[nH]c(SCC#N)n1. The van der Waals surface area contributed by atoms with Gasteiger partial charge in [-0.25, -0.2) is 4.98 Å². The highest BCUT2D eigenvalue weighted by Gasteiger charge is 2.04. The molecule has 0 aliphatic heterocycles. The van der Waals surface area contributed by atoms with E-state index in [0.717, 1.165) is 5.69 Å². The van der Waals surface area contributed by atoms with Crippen LogP contribution in [0, 0.1) is 11.3 Å². The van der Waals surface area contributed by atoms with Crippen LogP contribution < -0.4 is 5.56 Å². The van der Waals surface area contributed by atoms with Gasteiger partial charge in [0.15, 0.2) is 5.16 Å². The van der Waals surface area contributed by atoms with Gasteiger partial charge in [0.2, 0.25) is 0 Å². The molecule has 0 aliphatic rings. The van der Waals surface area contributed by atoms with Crippen LogP contribution >= 0.6 is 11.8 Å². The lowest BCUT2D eigenvalue weighted by Crippen LogP contribution is -2.10. The van der Waals surface area contributed by atoms with Crippen molar-refractivity contribution in [1.82, 2.24) is 9.97 Å². The molecule has 0 unspecified atom stereocenters. The molecule has 0 bridgehead atoms. The molecule has 0 fully saturated rings. The molecule has 1 aromatic heterocycles. The molecule has 1 N–H and O–H groups in total. The van der Waals surface area contributed by atoms with Crippen molar-refractivity contribution in [3.8, 4) is 6.07 Å². The van der Waals surface area contributed by atoms with Crippen molar-refractivity contribution in [2.75, 3.05) is 5.75 Å². The molecule has 74 valence electrons. The minimum Gasteiger partial charge on any atom is -0.301 e. The van der Waals surface area contributed by atoms with E-state index in [1.165, 1.54) is 17.8 Å². The molecule has 0 atom stereocenters. The molecule has 0 aromatic carbocycles. The monoisotopic (exact) mass is 209 g/mol. The number of nitrogens with one attached hydrogen (secondary N) is 1. The molecule has 0 saturated carbocycles. The summed E-state index contributed by atoms with van der Waals surface area (Å²) >= 11 is 1.24. The molecule has 0 amide bonds. The van der Waals surface area contributed by atoms with Crippen LogP contribution in [-0.2, 0) is 0 Å². The maximum atomic E-state index is 11.2. The Hall–Kier alpha value is -1.28. The summed E-state index contributed by atoms with van der Waals surface area (Å²) in [5, 5.41) is 8.90. The van der Waals surface area contributed by atoms with Gasteiger partial charge in [-0.1, -0.05) is 25.6 Å². The smallest absolute Gasteiger partial charge is 0.251 e. The zero-order valence-corrected chi connectivity index (χ0v) is 8.89. The number of nitrogens with zero attached hydrogens (tertiary/aromatic N) is 2. The van der Waals surface area contributed by atoms with Gasteiger partial charge in [-0.15, -0.1) is 0 Å². The molecule has 1 aromatic rings. The van der Waals surface area contributed by atoms with Gasteiger partial charge in [-0.05, 0) is 5.92 Å². The van der Waals surface area contributed by atoms with E-state index in [2.05, 4.69) is 9.97 Å². The van der Waals surface area contributed by atoms with Crippen molar-refractivity contribution >= 4 is 11.8 Å². The predicted molar refractivity (Wildman–Crippen MR) is 55.3 cm³/mol. The molecule has 0 spiro atoms. The van der Waals surface area contributed by atoms with E-state index < -0.39 is 0 Å². The molecule has 5 heteroatoms. The van der Waals surface area contributed by atoms with Gasteiger partial charge in [0.25, 0.3) is 5.56 Å². The normalized spacial score (nSPS) is 10.1. The topological polar surface area (TPSA) is 69.5 Å². The summed E-state index contributed by atoms with van der Waals surface area (Å²) < 4.78 is 0. The lowest BCUT2D eigenvalue weighted by Gasteiger charge is -2.04. The molecule has 0 aliphatic carbocycles. The van der Waals surface area contributed by atoms with E-state index in [1.807, 2.05) is 19.9 Å². The average Bonchev–Trinajstić information content (AvgIpc) is 2.14. The Morgan fingerprint density at radius 2 is 2.43 bits per heavy atom. The number of rotatable bonds is 3. The summed E-state index contributed by atoms with van der Waals surface area (Å²) in [6, 6.07) is 3.47. The lowest BCUT2D eigenvalue weighted by atomic mass is 10.1. The van der Waals surface area contributed by atoms with Crippen molar-refractivity contribution in [3.63, 3.8) is 0 Å². The van der Waals surface area contributed by atoms with E-state index in [4.69, 9.17) is 5.26 Å². The van der Waals surface area contributed by atoms with Gasteiger partial charge in [0.05, 0.1) is 17.5 Å². The summed E-state index contributed by atoms with van der Waals surface area (Å²) in [7, 11) is 0. The number of hydrogen-bond acceptors (Lipinski definition) is 4. The Bertz CT molecular complexity index is 405. The predicted octanol–water partition coefficient (Wildman–Crippen LogP) is 1.51. The number of thioether (sulfide) groups is 1. The van der Waals surface area contributed by atoms with Gasteiger partial charge in [-0.2, -0.15) is 5.26 Å². The number of hydrogen-bond donors (Lipinski definition) is 1. The Morgan fingerprint density at radius 1 is 1.71 bits per heavy atom. The summed E-state index contributed by atoms with van der Waals surface area (Å²) in [5.74, 6) is 0.517. The van der Waals surface area contributed by atoms with Gasteiger partial charge in [0.1, 0.15) is 0 Å². The van der Waals surface area contributed by atoms with Crippen molar-refractivity contribution in [2.24, 2.45) is 0 Å². The fourth-order valence-electron chi connectivity index (χ4n) is 0.918. The van der Waals surface area contributed by atoms with Crippen molar-refractivity contribution < 1.29 is 0 Å². The van der Waals surface area contributed by atoms with Gasteiger partial charge in [-0.3, -0.25) is 4.79 Å². The molecule has 0 radical (unpaired) electrons. The first kappa shape index (κ1) is 10.8. The van der Waals surface area contributed by atoms with Gasteiger partial charge >= 0.3 is 0 Å². The maximum Gasteiger partial charge on any atom is 0.251 e. The minimum atomic E-state index is -0.163. The zero-order valence-electron chi connectivity index (χ0n) is 8.07. The second-order valence-electron chi connectivity index (χ2n) is 3.08. The van der Waals surface area contributed by atoms with E-state index in [-0.39, 0.29) is 11.5 Å². The molecule has 0 saturated heterocycles. The molecule has 4 nitrogen and oxygen atoms in total. The molecule has 1 rings (SSSR count). The van der Waals surface area contributed by atoms with E-state index in [1.54, 1.807) is 0 Å². The Labute approximate surface area is 86.4 Å². The number of H-pyrrole nitrogens is 1. The van der Waals surface area contributed by atoms with Crippen LogP contribution in [0.5, 0.6) is 0 Å². The first-order valence-corrected chi connectivity index (χ1v) is 5.23. The molecule has 14 heavy (non-hydrogen) atoms. The molecular weight excluding hydrogens is 198 g/mol. The largest absolute Gasteiger partial charge is 0.301 e. The zero-order chi connectivity index (χ0) is 10.6. The maximum absolute atomic E-state index is 11.2. The Balaban J connectivity index is 2.96. The lowest BCUT2D eigenvalue weighted by molar-refractivity contribution is 0.770. The minimum absolute atomic E-state index is 0.163. The summed E-state index contributed by atoms with van der Waals surface area (Å²) in [6.07, 6.45) is 0. The van der Waals surface area contributed by atoms with E-state index in [0.29, 0.717) is 10.9 Å². The fourth-order valence-corrected chi connectivity index (χ4v) is 1.46. The van der Waals surface area contributed by atoms with Crippen molar-refractivity contribution in [2.45, 2.75) is 24.9 Å². The highest BCUT2D eigenvalue weighted by Crippen LogP contribution is 2.14. The summed E-state index contributed by atoms with van der Waals surface area (Å²) in [5.41, 5.74) is 0.596. The first-order valence-electron chi connectivity index (χ1n) is 4.24. The second kappa shape index (κ2) is 4.82. The third-order valence-corrected chi connectivity index (χ3v) is 2.34. The molecule has 1 heterocycles. The van der Waals surface area contributed by atoms with Crippen LogP contribution in [0.25, 0.3) is 0 Å². The standard InChI is InChI=1S/C9H11N3OS/c1-6(2)7-5-8(13)12-9(11-7)14-4-3-10/h5-6H,4H2,1-2H3,(H,11,12,13). The van der Waals surface area contributed by atoms with Crippen LogP contribution in [0.2, 0.25) is 0 Å². The molecular formula is C9H11N3OS. The van der Waals surface area contributed by atoms with Crippen LogP contribution in [0.3, 0.4) is 0 Å². The van der Waals surface area contributed by atoms with Crippen LogP contribution in [0.1, 0.15) is 25.5 Å². The van der Waals surface area contributed by atoms with Gasteiger partial charge in [0, 0.05) is 6.07 Å². The van der Waals surface area contributed by atoms with Crippen LogP contribution in [0.15, 0.2) is 16.0 Å². The Morgan fingerprint density at radius 3 is 3.00 bits per heavy atom. The van der Waals surface area contributed by atoms with Crippen molar-refractivity contribution in [3.05, 3.63) is 22.1 Å². The van der Waals surface area contributed by atoms with Crippen LogP contribution in [-0.4, -0.2) is 15.7 Å². The Kier molecular flexibility index (Phi) is 3.72. The quantitative estimate of drug-likeness (QED) is 0.605. The fraction of sp³-hybridized carbons (Fsp3) is 0.444. The summed E-state index contributed by atoms with van der Waals surface area (Å²) in [4.78, 5) is 18.0. The summed E-state index contributed by atoms with van der Waals surface area (Å²) in [6.45, 7) is 3.95. The van der Waals surface area contributed by atoms with Gasteiger partial charge < -0.3 is 4.98 Å². The number of nitriles is 1. The highest BCUT2D eigenvalue weighted by atomic mass is 32.2. The number of aromatic nitrogens is 2. The van der Waals surface area contributed by atoms with Crippen LogP contribution in [0.4, 0.5) is 0 Å². The van der Waals surface area contributed by atoms with Crippen molar-refractivity contribution in [1.29, 1.82) is 5.26 Å². The number of aromatic amines is 1. The highest BCUT2D eigenvalue weighted by molar-refractivity contribution is 7.99. The third kappa shape index (κ3) is 2.89. The van der Waals surface area contributed by atoms with E-state index in [9.17, 15) is 4.79 Å². The first-order chi connectivity index (χ1) is 6.63.